The van der Waals surface area contributed by atoms with E-state index in [-0.39, 0.29) is 23.0 Å². The van der Waals surface area contributed by atoms with Crippen LogP contribution in [0.4, 0.5) is 5.69 Å². The normalized spacial score (nSPS) is 15.3. The van der Waals surface area contributed by atoms with Gasteiger partial charge in [0.25, 0.3) is 5.69 Å². The van der Waals surface area contributed by atoms with Crippen LogP contribution in [0.2, 0.25) is 0 Å². The van der Waals surface area contributed by atoms with Crippen LogP contribution in [-0.4, -0.2) is 21.9 Å². The number of benzene rings is 2. The number of aliphatic imine (C=N–C) groups is 1. The third kappa shape index (κ3) is 3.18. The predicted molar refractivity (Wildman–Crippen MR) is 89.5 cm³/mol. The molecule has 7 nitrogen and oxygen atoms in total. The molecule has 3 rings (SSSR count). The molecule has 0 aliphatic carbocycles. The first-order valence-corrected chi connectivity index (χ1v) is 7.49. The van der Waals surface area contributed by atoms with E-state index < -0.39 is 10.9 Å². The molecule has 8 heteroatoms. The van der Waals surface area contributed by atoms with Gasteiger partial charge in [-0.1, -0.05) is 15.9 Å². The van der Waals surface area contributed by atoms with Crippen molar-refractivity contribution in [2.45, 2.75) is 0 Å². The van der Waals surface area contributed by atoms with E-state index in [1.54, 1.807) is 12.1 Å². The van der Waals surface area contributed by atoms with Crippen molar-refractivity contribution in [1.29, 1.82) is 0 Å². The van der Waals surface area contributed by atoms with Gasteiger partial charge in [-0.15, -0.1) is 0 Å². The topological polar surface area (TPSA) is 102 Å². The number of carbonyl (C=O) groups excluding carboxylic acids is 1. The van der Waals surface area contributed by atoms with Crippen molar-refractivity contribution in [1.82, 2.24) is 0 Å². The number of hydrogen-bond acceptors (Lipinski definition) is 6. The van der Waals surface area contributed by atoms with Gasteiger partial charge in [-0.05, 0) is 36.4 Å². The number of phenols is 1. The first kappa shape index (κ1) is 15.9. The summed E-state index contributed by atoms with van der Waals surface area (Å²) in [5, 5.41) is 20.5. The summed E-state index contributed by atoms with van der Waals surface area (Å²) >= 11 is 3.28. The van der Waals surface area contributed by atoms with Gasteiger partial charge >= 0.3 is 5.97 Å². The first-order chi connectivity index (χ1) is 11.4. The highest BCUT2D eigenvalue weighted by Gasteiger charge is 2.24. The number of halogens is 1. The second-order valence-electron chi connectivity index (χ2n) is 4.84. The predicted octanol–water partition coefficient (Wildman–Crippen LogP) is 3.41. The molecule has 24 heavy (non-hydrogen) atoms. The van der Waals surface area contributed by atoms with Crippen molar-refractivity contribution in [3.8, 4) is 5.75 Å². The molecule has 0 radical (unpaired) electrons. The number of rotatable bonds is 3. The van der Waals surface area contributed by atoms with E-state index in [0.29, 0.717) is 11.1 Å². The average molecular weight is 389 g/mol. The van der Waals surface area contributed by atoms with Crippen molar-refractivity contribution in [2.75, 3.05) is 0 Å². The molecule has 0 spiro atoms. The number of cyclic esters (lactones) is 1. The lowest BCUT2D eigenvalue weighted by Crippen LogP contribution is -2.05. The molecule has 1 heterocycles. The van der Waals surface area contributed by atoms with E-state index in [1.165, 1.54) is 36.4 Å². The number of esters is 1. The van der Waals surface area contributed by atoms with Gasteiger partial charge in [0.2, 0.25) is 5.90 Å². The second-order valence-corrected chi connectivity index (χ2v) is 5.76. The van der Waals surface area contributed by atoms with Crippen LogP contribution in [0.1, 0.15) is 11.1 Å². The maximum Gasteiger partial charge on any atom is 0.363 e. The summed E-state index contributed by atoms with van der Waals surface area (Å²) < 4.78 is 5.82. The fourth-order valence-electron chi connectivity index (χ4n) is 2.05. The highest BCUT2D eigenvalue weighted by molar-refractivity contribution is 9.10. The van der Waals surface area contributed by atoms with Crippen LogP contribution in [0.25, 0.3) is 6.08 Å². The number of phenolic OH excluding ortho intramolecular Hbond substituents is 1. The summed E-state index contributed by atoms with van der Waals surface area (Å²) in [4.78, 5) is 26.2. The standard InChI is InChI=1S/C16H9BrN2O5/c17-11-3-6-14(20)10(7-11)8-13-16(21)24-15(18-13)9-1-4-12(5-2-9)19(22)23/h1-8,20H/b13-8+. The van der Waals surface area contributed by atoms with Crippen LogP contribution < -0.4 is 0 Å². The number of non-ortho nitro benzene ring substituents is 1. The van der Waals surface area contributed by atoms with Gasteiger partial charge < -0.3 is 9.84 Å². The van der Waals surface area contributed by atoms with E-state index in [0.717, 1.165) is 4.47 Å². The maximum absolute atomic E-state index is 11.9. The molecule has 0 bridgehead atoms. The summed E-state index contributed by atoms with van der Waals surface area (Å²) in [7, 11) is 0. The Bertz CT molecular complexity index is 903. The summed E-state index contributed by atoms with van der Waals surface area (Å²) in [6.07, 6.45) is 1.40. The summed E-state index contributed by atoms with van der Waals surface area (Å²) in [5.74, 6) is -0.615. The van der Waals surface area contributed by atoms with Gasteiger partial charge in [-0.25, -0.2) is 9.79 Å². The zero-order chi connectivity index (χ0) is 17.3. The molecule has 0 amide bonds. The van der Waals surface area contributed by atoms with Gasteiger partial charge in [-0.3, -0.25) is 10.1 Å². The largest absolute Gasteiger partial charge is 0.507 e. The molecule has 2 aromatic carbocycles. The van der Waals surface area contributed by atoms with E-state index in [2.05, 4.69) is 20.9 Å². The number of carbonyl (C=O) groups is 1. The number of aromatic hydroxyl groups is 1. The Morgan fingerprint density at radius 1 is 1.21 bits per heavy atom. The molecule has 0 saturated heterocycles. The van der Waals surface area contributed by atoms with Crippen molar-refractivity contribution in [3.63, 3.8) is 0 Å². The summed E-state index contributed by atoms with van der Waals surface area (Å²) in [5.41, 5.74) is 0.802. The maximum atomic E-state index is 11.9. The van der Waals surface area contributed by atoms with Crippen LogP contribution >= 0.6 is 15.9 Å². The third-order valence-electron chi connectivity index (χ3n) is 3.23. The summed E-state index contributed by atoms with van der Waals surface area (Å²) in [6, 6.07) is 10.3. The number of nitro groups is 1. The lowest BCUT2D eigenvalue weighted by molar-refractivity contribution is -0.384. The summed E-state index contributed by atoms with van der Waals surface area (Å²) in [6.45, 7) is 0. The second kappa shape index (κ2) is 6.25. The first-order valence-electron chi connectivity index (χ1n) is 6.70. The minimum absolute atomic E-state index is 0.00233. The SMILES string of the molecule is O=C1OC(c2ccc([N+](=O)[O-])cc2)=N/C1=C/c1cc(Br)ccc1O. The highest BCUT2D eigenvalue weighted by Crippen LogP contribution is 2.27. The number of ether oxygens (including phenoxy) is 1. The van der Waals surface area contributed by atoms with Crippen molar-refractivity contribution in [3.05, 3.63) is 73.9 Å². The minimum atomic E-state index is -0.664. The highest BCUT2D eigenvalue weighted by atomic mass is 79.9. The average Bonchev–Trinajstić information content (AvgIpc) is 2.92. The van der Waals surface area contributed by atoms with Crippen molar-refractivity contribution < 1.29 is 19.6 Å². The smallest absolute Gasteiger partial charge is 0.363 e. The van der Waals surface area contributed by atoms with Crippen LogP contribution in [-0.2, 0) is 9.53 Å². The fourth-order valence-corrected chi connectivity index (χ4v) is 2.43. The lowest BCUT2D eigenvalue weighted by Gasteiger charge is -1.99. The van der Waals surface area contributed by atoms with E-state index >= 15 is 0 Å². The molecule has 1 aliphatic rings. The Morgan fingerprint density at radius 3 is 2.58 bits per heavy atom. The molecule has 2 aromatic rings. The Kier molecular flexibility index (Phi) is 4.13. The molecule has 0 aromatic heterocycles. The van der Waals surface area contributed by atoms with Gasteiger partial charge in [0.1, 0.15) is 5.75 Å². The van der Waals surface area contributed by atoms with Gasteiger partial charge in [-0.2, -0.15) is 0 Å². The van der Waals surface area contributed by atoms with Crippen LogP contribution in [0.5, 0.6) is 5.75 Å². The number of nitro benzene ring substituents is 1. The quantitative estimate of drug-likeness (QED) is 0.375. The van der Waals surface area contributed by atoms with Crippen LogP contribution in [0.15, 0.2) is 57.6 Å². The molecule has 0 fully saturated rings. The molecule has 1 aliphatic heterocycles. The minimum Gasteiger partial charge on any atom is -0.507 e. The van der Waals surface area contributed by atoms with Crippen LogP contribution in [0, 0.1) is 10.1 Å². The zero-order valence-corrected chi connectivity index (χ0v) is 13.6. The van der Waals surface area contributed by atoms with Crippen molar-refractivity contribution in [2.24, 2.45) is 4.99 Å². The van der Waals surface area contributed by atoms with Gasteiger partial charge in [0.15, 0.2) is 5.70 Å². The number of hydrogen-bond donors (Lipinski definition) is 1. The van der Waals surface area contributed by atoms with Crippen molar-refractivity contribution >= 4 is 39.6 Å². The van der Waals surface area contributed by atoms with E-state index in [1.807, 2.05) is 0 Å². The molecular formula is C16H9BrN2O5. The van der Waals surface area contributed by atoms with E-state index in [9.17, 15) is 20.0 Å². The molecule has 1 N–H and O–H groups in total. The zero-order valence-electron chi connectivity index (χ0n) is 12.0. The third-order valence-corrected chi connectivity index (χ3v) is 3.72. The van der Waals surface area contributed by atoms with E-state index in [4.69, 9.17) is 4.74 Å². The van der Waals surface area contributed by atoms with Crippen LogP contribution in [0.3, 0.4) is 0 Å². The van der Waals surface area contributed by atoms with Gasteiger partial charge in [0, 0.05) is 27.7 Å². The Hall–Kier alpha value is -3.00. The Labute approximate surface area is 144 Å². The molecule has 120 valence electrons. The lowest BCUT2D eigenvalue weighted by atomic mass is 10.1. The Balaban J connectivity index is 1.94. The fraction of sp³-hybridized carbons (Fsp3) is 0. The monoisotopic (exact) mass is 388 g/mol. The Morgan fingerprint density at radius 2 is 1.92 bits per heavy atom. The molecule has 0 saturated carbocycles. The molecular weight excluding hydrogens is 380 g/mol. The number of nitrogens with zero attached hydrogens (tertiary/aromatic N) is 2. The molecule has 0 atom stereocenters. The molecule has 0 unspecified atom stereocenters. The van der Waals surface area contributed by atoms with Gasteiger partial charge in [0.05, 0.1) is 4.92 Å².